The number of nitrogens with one attached hydrogen (secondary N) is 2. The molecule has 0 fully saturated rings. The first kappa shape index (κ1) is 17.1. The summed E-state index contributed by atoms with van der Waals surface area (Å²) in [5.41, 5.74) is 6.71. The number of carbonyl (C=O) groups excluding carboxylic acids is 2. The van der Waals surface area contributed by atoms with Gasteiger partial charge in [-0.2, -0.15) is 0 Å². The van der Waals surface area contributed by atoms with Crippen LogP contribution in [0.4, 0.5) is 11.4 Å². The first-order chi connectivity index (χ1) is 10.9. The summed E-state index contributed by atoms with van der Waals surface area (Å²) in [5, 5.41) is 5.62. The Kier molecular flexibility index (Phi) is 5.41. The third-order valence-corrected chi connectivity index (χ3v) is 3.56. The molecule has 0 radical (unpaired) electrons. The summed E-state index contributed by atoms with van der Waals surface area (Å²) in [7, 11) is 0. The van der Waals surface area contributed by atoms with E-state index in [0.717, 1.165) is 0 Å². The van der Waals surface area contributed by atoms with E-state index in [1.807, 2.05) is 13.8 Å². The van der Waals surface area contributed by atoms with Crippen LogP contribution >= 0.6 is 11.6 Å². The van der Waals surface area contributed by atoms with Crippen molar-refractivity contribution in [3.8, 4) is 0 Å². The molecule has 122 valence electrons. The molecule has 2 rings (SSSR count). The smallest absolute Gasteiger partial charge is 0.291 e. The third-order valence-electron chi connectivity index (χ3n) is 3.25. The lowest BCUT2D eigenvalue weighted by atomic mass is 10.0. The van der Waals surface area contributed by atoms with E-state index in [1.165, 1.54) is 6.26 Å². The maximum atomic E-state index is 11.9. The quantitative estimate of drug-likeness (QED) is 0.782. The Labute approximate surface area is 139 Å². The van der Waals surface area contributed by atoms with E-state index in [4.69, 9.17) is 21.8 Å². The molecule has 6 nitrogen and oxygen atoms in total. The van der Waals surface area contributed by atoms with Gasteiger partial charge in [-0.15, -0.1) is 0 Å². The van der Waals surface area contributed by atoms with E-state index in [2.05, 4.69) is 10.6 Å². The van der Waals surface area contributed by atoms with E-state index in [1.54, 1.807) is 30.3 Å². The molecule has 0 spiro atoms. The van der Waals surface area contributed by atoms with Crippen LogP contribution in [0.15, 0.2) is 41.0 Å². The van der Waals surface area contributed by atoms with Crippen LogP contribution < -0.4 is 16.4 Å². The number of hydrogen-bond donors (Lipinski definition) is 3. The highest BCUT2D eigenvalue weighted by Gasteiger charge is 2.18. The molecule has 0 bridgehead atoms. The van der Waals surface area contributed by atoms with Crippen LogP contribution in [-0.4, -0.2) is 17.9 Å². The van der Waals surface area contributed by atoms with Gasteiger partial charge in [0.1, 0.15) is 0 Å². The molecule has 2 aromatic rings. The Bertz CT molecular complexity index is 699. The molecular weight excluding hydrogens is 318 g/mol. The van der Waals surface area contributed by atoms with E-state index in [0.29, 0.717) is 16.4 Å². The molecule has 2 amide bonds. The van der Waals surface area contributed by atoms with Gasteiger partial charge in [-0.3, -0.25) is 9.59 Å². The Morgan fingerprint density at radius 1 is 1.22 bits per heavy atom. The molecule has 0 unspecified atom stereocenters. The number of halogens is 1. The minimum Gasteiger partial charge on any atom is -0.459 e. The average Bonchev–Trinajstić information content (AvgIpc) is 3.03. The molecule has 0 saturated heterocycles. The molecule has 1 aromatic heterocycles. The highest BCUT2D eigenvalue weighted by atomic mass is 35.5. The van der Waals surface area contributed by atoms with Crippen molar-refractivity contribution in [3.05, 3.63) is 47.4 Å². The highest BCUT2D eigenvalue weighted by molar-refractivity contribution is 6.34. The van der Waals surface area contributed by atoms with E-state index < -0.39 is 11.9 Å². The summed E-state index contributed by atoms with van der Waals surface area (Å²) < 4.78 is 5.01. The van der Waals surface area contributed by atoms with Gasteiger partial charge >= 0.3 is 0 Å². The zero-order valence-corrected chi connectivity index (χ0v) is 13.6. The number of hydrogen-bond acceptors (Lipinski definition) is 4. The fourth-order valence-electron chi connectivity index (χ4n) is 1.81. The van der Waals surface area contributed by atoms with Crippen molar-refractivity contribution in [2.24, 2.45) is 11.7 Å². The number of rotatable bonds is 5. The second kappa shape index (κ2) is 7.30. The number of nitrogens with two attached hydrogens (primary N) is 1. The molecule has 0 aliphatic rings. The van der Waals surface area contributed by atoms with Crippen LogP contribution in [0, 0.1) is 5.92 Å². The van der Waals surface area contributed by atoms with Crippen LogP contribution in [0.3, 0.4) is 0 Å². The van der Waals surface area contributed by atoms with Crippen molar-refractivity contribution >= 4 is 34.8 Å². The molecule has 1 aromatic carbocycles. The Balaban J connectivity index is 2.06. The number of carbonyl (C=O) groups is 2. The highest BCUT2D eigenvalue weighted by Crippen LogP contribution is 2.26. The number of amides is 2. The fourth-order valence-corrected chi connectivity index (χ4v) is 2.04. The second-order valence-electron chi connectivity index (χ2n) is 5.39. The van der Waals surface area contributed by atoms with E-state index >= 15 is 0 Å². The summed E-state index contributed by atoms with van der Waals surface area (Å²) in [6.07, 6.45) is 1.41. The van der Waals surface area contributed by atoms with Crippen molar-refractivity contribution in [3.63, 3.8) is 0 Å². The predicted octanol–water partition coefficient (Wildman–Crippen LogP) is 3.11. The minimum absolute atomic E-state index is 0.0253. The summed E-state index contributed by atoms with van der Waals surface area (Å²) in [4.78, 5) is 23.8. The molecule has 0 aliphatic heterocycles. The van der Waals surface area contributed by atoms with Crippen molar-refractivity contribution < 1.29 is 14.0 Å². The first-order valence-electron chi connectivity index (χ1n) is 7.09. The van der Waals surface area contributed by atoms with E-state index in [9.17, 15) is 9.59 Å². The minimum atomic E-state index is -0.605. The Morgan fingerprint density at radius 3 is 2.52 bits per heavy atom. The van der Waals surface area contributed by atoms with Gasteiger partial charge in [-0.05, 0) is 36.2 Å². The van der Waals surface area contributed by atoms with Gasteiger partial charge in [0.2, 0.25) is 5.91 Å². The number of anilines is 2. The molecule has 23 heavy (non-hydrogen) atoms. The number of benzene rings is 1. The van der Waals surface area contributed by atoms with Crippen LogP contribution in [-0.2, 0) is 4.79 Å². The van der Waals surface area contributed by atoms with Crippen molar-refractivity contribution in [1.29, 1.82) is 0 Å². The van der Waals surface area contributed by atoms with Gasteiger partial charge < -0.3 is 20.8 Å². The SMILES string of the molecule is CC(C)[C@H](N)C(=O)Nc1ccc(NC(=O)c2ccco2)c(Cl)c1. The van der Waals surface area contributed by atoms with E-state index in [-0.39, 0.29) is 17.6 Å². The topological polar surface area (TPSA) is 97.4 Å². The Morgan fingerprint density at radius 2 is 1.96 bits per heavy atom. The molecule has 0 saturated carbocycles. The maximum Gasteiger partial charge on any atom is 0.291 e. The maximum absolute atomic E-state index is 11.9. The summed E-state index contributed by atoms with van der Waals surface area (Å²) in [6, 6.07) is 7.34. The lowest BCUT2D eigenvalue weighted by Crippen LogP contribution is -2.39. The monoisotopic (exact) mass is 335 g/mol. The van der Waals surface area contributed by atoms with Crippen molar-refractivity contribution in [2.45, 2.75) is 19.9 Å². The number of furan rings is 1. The normalized spacial score (nSPS) is 12.0. The van der Waals surface area contributed by atoms with Crippen molar-refractivity contribution in [2.75, 3.05) is 10.6 Å². The van der Waals surface area contributed by atoms with Gasteiger partial charge in [-0.1, -0.05) is 25.4 Å². The lowest BCUT2D eigenvalue weighted by Gasteiger charge is -2.16. The van der Waals surface area contributed by atoms with Gasteiger partial charge in [-0.25, -0.2) is 0 Å². The first-order valence-corrected chi connectivity index (χ1v) is 7.47. The zero-order valence-electron chi connectivity index (χ0n) is 12.8. The molecule has 1 heterocycles. The summed E-state index contributed by atoms with van der Waals surface area (Å²) >= 11 is 6.13. The second-order valence-corrected chi connectivity index (χ2v) is 5.79. The molecule has 0 aliphatic carbocycles. The molecule has 1 atom stereocenters. The molecular formula is C16H18ClN3O3. The van der Waals surface area contributed by atoms with Gasteiger partial charge in [0.05, 0.1) is 23.0 Å². The standard InChI is InChI=1S/C16H18ClN3O3/c1-9(2)14(18)16(22)19-10-5-6-12(11(17)8-10)20-15(21)13-4-3-7-23-13/h3-9,14H,18H2,1-2H3,(H,19,22)(H,20,21)/t14-/m0/s1. The fraction of sp³-hybridized carbons (Fsp3) is 0.250. The summed E-state index contributed by atoms with van der Waals surface area (Å²) in [5.74, 6) is -0.488. The van der Waals surface area contributed by atoms with Crippen LogP contribution in [0.25, 0.3) is 0 Å². The Hall–Kier alpha value is -2.31. The van der Waals surface area contributed by atoms with Crippen LogP contribution in [0.5, 0.6) is 0 Å². The molecule has 4 N–H and O–H groups in total. The average molecular weight is 336 g/mol. The van der Waals surface area contributed by atoms with Crippen molar-refractivity contribution in [1.82, 2.24) is 0 Å². The largest absolute Gasteiger partial charge is 0.459 e. The molecule has 7 heteroatoms. The predicted molar refractivity (Wildman–Crippen MR) is 89.6 cm³/mol. The third kappa shape index (κ3) is 4.34. The zero-order chi connectivity index (χ0) is 17.0. The van der Waals surface area contributed by atoms with Gasteiger partial charge in [0.25, 0.3) is 5.91 Å². The van der Waals surface area contributed by atoms with Crippen LogP contribution in [0.2, 0.25) is 5.02 Å². The summed E-state index contributed by atoms with van der Waals surface area (Å²) in [6.45, 7) is 3.73. The lowest BCUT2D eigenvalue weighted by molar-refractivity contribution is -0.118. The van der Waals surface area contributed by atoms with Gasteiger partial charge in [0, 0.05) is 5.69 Å². The van der Waals surface area contributed by atoms with Gasteiger partial charge in [0.15, 0.2) is 5.76 Å². The van der Waals surface area contributed by atoms with Crippen LogP contribution in [0.1, 0.15) is 24.4 Å².